The van der Waals surface area contributed by atoms with Crippen molar-refractivity contribution in [3.63, 3.8) is 0 Å². The summed E-state index contributed by atoms with van der Waals surface area (Å²) < 4.78 is 0. The molecule has 0 aliphatic carbocycles. The molecule has 0 aliphatic rings. The first-order valence-electron chi connectivity index (χ1n) is 9.42. The van der Waals surface area contributed by atoms with Gasteiger partial charge in [0.2, 0.25) is 0 Å². The van der Waals surface area contributed by atoms with Gasteiger partial charge in [0.1, 0.15) is 0 Å². The van der Waals surface area contributed by atoms with E-state index >= 15 is 0 Å². The predicted molar refractivity (Wildman–Crippen MR) is 118 cm³/mol. The average molecular weight is 378 g/mol. The summed E-state index contributed by atoms with van der Waals surface area (Å²) in [5.74, 6) is 0. The van der Waals surface area contributed by atoms with Crippen molar-refractivity contribution in [2.45, 2.75) is 52.4 Å². The number of pyridine rings is 1. The Kier molecular flexibility index (Phi) is 5.18. The third kappa shape index (κ3) is 4.59. The maximum absolute atomic E-state index is 6.48. The van der Waals surface area contributed by atoms with Crippen molar-refractivity contribution in [3.8, 4) is 22.4 Å². The Labute approximate surface area is 168 Å². The van der Waals surface area contributed by atoms with E-state index in [9.17, 15) is 0 Å². The molecule has 2 aromatic carbocycles. The lowest BCUT2D eigenvalue weighted by Crippen LogP contribution is -2.16. The Balaban J connectivity index is 2.20. The second kappa shape index (κ2) is 7.13. The number of benzene rings is 2. The Morgan fingerprint density at radius 1 is 0.667 bits per heavy atom. The van der Waals surface area contributed by atoms with Gasteiger partial charge in [-0.05, 0) is 63.4 Å². The van der Waals surface area contributed by atoms with Crippen molar-refractivity contribution < 1.29 is 0 Å². The maximum atomic E-state index is 6.48. The molecule has 2 heteroatoms. The largest absolute Gasteiger partial charge is 0.256 e. The summed E-state index contributed by atoms with van der Waals surface area (Å²) in [6, 6.07) is 19.1. The van der Waals surface area contributed by atoms with Crippen LogP contribution in [-0.4, -0.2) is 4.98 Å². The molecule has 0 N–H and O–H groups in total. The summed E-state index contributed by atoms with van der Waals surface area (Å²) in [6.07, 6.45) is 1.81. The molecule has 0 aliphatic heterocycles. The Morgan fingerprint density at radius 3 is 1.74 bits per heavy atom. The molecule has 0 saturated heterocycles. The van der Waals surface area contributed by atoms with E-state index in [0.717, 1.165) is 21.8 Å². The van der Waals surface area contributed by atoms with Crippen molar-refractivity contribution in [3.05, 3.63) is 76.9 Å². The molecular formula is C25H28ClN. The topological polar surface area (TPSA) is 12.9 Å². The first kappa shape index (κ1) is 19.6. The second-order valence-corrected chi connectivity index (χ2v) is 9.68. The van der Waals surface area contributed by atoms with Crippen LogP contribution in [0, 0.1) is 0 Å². The van der Waals surface area contributed by atoms with Gasteiger partial charge in [0.05, 0.1) is 5.69 Å². The molecule has 27 heavy (non-hydrogen) atoms. The summed E-state index contributed by atoms with van der Waals surface area (Å²) in [5, 5.41) is 0.728. The summed E-state index contributed by atoms with van der Waals surface area (Å²) >= 11 is 6.48. The number of nitrogens with zero attached hydrogens (tertiary/aromatic N) is 1. The number of rotatable bonds is 2. The zero-order valence-electron chi connectivity index (χ0n) is 17.1. The minimum absolute atomic E-state index is 0.0817. The third-order valence-corrected chi connectivity index (χ3v) is 5.08. The first-order valence-corrected chi connectivity index (χ1v) is 9.80. The van der Waals surface area contributed by atoms with E-state index in [4.69, 9.17) is 11.6 Å². The fourth-order valence-electron chi connectivity index (χ4n) is 3.10. The van der Waals surface area contributed by atoms with E-state index in [1.54, 1.807) is 0 Å². The summed E-state index contributed by atoms with van der Waals surface area (Å²) in [6.45, 7) is 13.6. The van der Waals surface area contributed by atoms with Gasteiger partial charge >= 0.3 is 0 Å². The molecule has 3 rings (SSSR count). The minimum Gasteiger partial charge on any atom is -0.256 e. The van der Waals surface area contributed by atoms with E-state index in [1.165, 1.54) is 16.7 Å². The SMILES string of the molecule is CC(C)(C)c1cc(-c2cc(Cl)cc(-c3ccccn3)c2)cc(C(C)(C)C)c1. The summed E-state index contributed by atoms with van der Waals surface area (Å²) in [5.41, 5.74) is 7.14. The molecular weight excluding hydrogens is 350 g/mol. The molecule has 140 valence electrons. The number of hydrogen-bond donors (Lipinski definition) is 0. The molecule has 0 fully saturated rings. The lowest BCUT2D eigenvalue weighted by molar-refractivity contribution is 0.569. The zero-order valence-corrected chi connectivity index (χ0v) is 17.9. The molecule has 0 amide bonds. The van der Waals surface area contributed by atoms with Crippen LogP contribution in [0.4, 0.5) is 0 Å². The van der Waals surface area contributed by atoms with Crippen LogP contribution in [0.15, 0.2) is 60.8 Å². The fourth-order valence-corrected chi connectivity index (χ4v) is 3.33. The van der Waals surface area contributed by atoms with E-state index < -0.39 is 0 Å². The van der Waals surface area contributed by atoms with Gasteiger partial charge in [-0.3, -0.25) is 4.98 Å². The van der Waals surface area contributed by atoms with Gasteiger partial charge in [-0.25, -0.2) is 0 Å². The van der Waals surface area contributed by atoms with Crippen LogP contribution in [0.3, 0.4) is 0 Å². The monoisotopic (exact) mass is 377 g/mol. The van der Waals surface area contributed by atoms with Gasteiger partial charge in [-0.2, -0.15) is 0 Å². The molecule has 1 aromatic heterocycles. The van der Waals surface area contributed by atoms with E-state index in [0.29, 0.717) is 0 Å². The highest BCUT2D eigenvalue weighted by atomic mass is 35.5. The quantitative estimate of drug-likeness (QED) is 0.446. The van der Waals surface area contributed by atoms with Crippen molar-refractivity contribution in [2.24, 2.45) is 0 Å². The Morgan fingerprint density at radius 2 is 1.22 bits per heavy atom. The predicted octanol–water partition coefficient (Wildman–Crippen LogP) is 7.66. The Hall–Kier alpha value is -2.12. The van der Waals surface area contributed by atoms with E-state index in [2.05, 4.69) is 70.8 Å². The minimum atomic E-state index is 0.0817. The standard InChI is InChI=1S/C25H28ClN/c1-24(2,3)20-12-18(13-21(16-20)25(4,5)6)17-11-19(15-22(26)14-17)23-9-7-8-10-27-23/h7-16H,1-6H3. The molecule has 1 heterocycles. The summed E-state index contributed by atoms with van der Waals surface area (Å²) in [4.78, 5) is 4.48. The van der Waals surface area contributed by atoms with Gasteiger partial charge < -0.3 is 0 Å². The molecule has 0 unspecified atom stereocenters. The van der Waals surface area contributed by atoms with Crippen LogP contribution in [0.1, 0.15) is 52.7 Å². The van der Waals surface area contributed by atoms with Gasteiger partial charge in [0, 0.05) is 16.8 Å². The highest BCUT2D eigenvalue weighted by Crippen LogP contribution is 2.36. The second-order valence-electron chi connectivity index (χ2n) is 9.24. The smallest absolute Gasteiger partial charge is 0.0702 e. The van der Waals surface area contributed by atoms with Gasteiger partial charge in [-0.15, -0.1) is 0 Å². The van der Waals surface area contributed by atoms with Crippen LogP contribution >= 0.6 is 11.6 Å². The van der Waals surface area contributed by atoms with Crippen molar-refractivity contribution in [2.75, 3.05) is 0 Å². The maximum Gasteiger partial charge on any atom is 0.0702 e. The molecule has 3 aromatic rings. The lowest BCUT2D eigenvalue weighted by atomic mass is 9.79. The first-order chi connectivity index (χ1) is 12.5. The molecule has 0 radical (unpaired) electrons. The van der Waals surface area contributed by atoms with Gasteiger partial charge in [0.15, 0.2) is 0 Å². The highest BCUT2D eigenvalue weighted by Gasteiger charge is 2.21. The van der Waals surface area contributed by atoms with Crippen molar-refractivity contribution in [1.82, 2.24) is 4.98 Å². The van der Waals surface area contributed by atoms with Crippen LogP contribution in [-0.2, 0) is 10.8 Å². The molecule has 0 bridgehead atoms. The zero-order chi connectivity index (χ0) is 19.8. The third-order valence-electron chi connectivity index (χ3n) is 4.86. The average Bonchev–Trinajstić information content (AvgIpc) is 2.60. The van der Waals surface area contributed by atoms with Crippen LogP contribution in [0.5, 0.6) is 0 Å². The molecule has 1 nitrogen and oxygen atoms in total. The number of hydrogen-bond acceptors (Lipinski definition) is 1. The fraction of sp³-hybridized carbons (Fsp3) is 0.320. The van der Waals surface area contributed by atoms with Gasteiger partial charge in [0.25, 0.3) is 0 Å². The normalized spacial score (nSPS) is 12.3. The molecule has 0 saturated carbocycles. The molecule has 0 spiro atoms. The van der Waals surface area contributed by atoms with Crippen molar-refractivity contribution >= 4 is 11.6 Å². The number of halogens is 1. The summed E-state index contributed by atoms with van der Waals surface area (Å²) in [7, 11) is 0. The number of aromatic nitrogens is 1. The Bertz CT molecular complexity index is 912. The van der Waals surface area contributed by atoms with E-state index in [-0.39, 0.29) is 10.8 Å². The van der Waals surface area contributed by atoms with Crippen LogP contribution < -0.4 is 0 Å². The van der Waals surface area contributed by atoms with Crippen molar-refractivity contribution in [1.29, 1.82) is 0 Å². The van der Waals surface area contributed by atoms with Gasteiger partial charge in [-0.1, -0.05) is 77.4 Å². The van der Waals surface area contributed by atoms with Crippen LogP contribution in [0.2, 0.25) is 5.02 Å². The molecule has 0 atom stereocenters. The lowest BCUT2D eigenvalue weighted by Gasteiger charge is -2.26. The van der Waals surface area contributed by atoms with E-state index in [1.807, 2.05) is 36.5 Å². The highest BCUT2D eigenvalue weighted by molar-refractivity contribution is 6.31. The van der Waals surface area contributed by atoms with Crippen LogP contribution in [0.25, 0.3) is 22.4 Å².